The Morgan fingerprint density at radius 1 is 1.29 bits per heavy atom. The lowest BCUT2D eigenvalue weighted by molar-refractivity contribution is -0.121. The number of anilines is 1. The first-order chi connectivity index (χ1) is 11.5. The third-order valence-corrected chi connectivity index (χ3v) is 4.50. The van der Waals surface area contributed by atoms with Crippen LogP contribution in [0.2, 0.25) is 5.02 Å². The van der Waals surface area contributed by atoms with E-state index in [9.17, 15) is 9.18 Å². The molecule has 0 radical (unpaired) electrons. The minimum Gasteiger partial charge on any atom is -0.325 e. The summed E-state index contributed by atoms with van der Waals surface area (Å²) in [7, 11) is 0. The highest BCUT2D eigenvalue weighted by Gasteiger charge is 2.35. The summed E-state index contributed by atoms with van der Waals surface area (Å²) < 4.78 is 13.1. The van der Waals surface area contributed by atoms with Gasteiger partial charge in [-0.1, -0.05) is 29.8 Å². The number of rotatable bonds is 6. The third kappa shape index (κ3) is 4.34. The van der Waals surface area contributed by atoms with Crippen LogP contribution in [0.5, 0.6) is 0 Å². The molecule has 1 aliphatic rings. The number of halogens is 2. The fourth-order valence-corrected chi connectivity index (χ4v) is 2.94. The number of hydrogen-bond donors (Lipinski definition) is 1. The average molecular weight is 347 g/mol. The summed E-state index contributed by atoms with van der Waals surface area (Å²) in [6.07, 6.45) is 2.19. The minimum absolute atomic E-state index is 0.0636. The first-order valence-corrected chi connectivity index (χ1v) is 8.47. The van der Waals surface area contributed by atoms with Crippen molar-refractivity contribution < 1.29 is 9.18 Å². The summed E-state index contributed by atoms with van der Waals surface area (Å²) in [5, 5.41) is 3.50. The summed E-state index contributed by atoms with van der Waals surface area (Å²) >= 11 is 5.96. The van der Waals surface area contributed by atoms with Crippen LogP contribution in [0.4, 0.5) is 10.1 Å². The van der Waals surface area contributed by atoms with Gasteiger partial charge in [-0.05, 0) is 55.7 Å². The van der Waals surface area contributed by atoms with Crippen LogP contribution in [-0.2, 0) is 11.3 Å². The Kier molecular flexibility index (Phi) is 5.17. The van der Waals surface area contributed by atoms with Gasteiger partial charge in [0.1, 0.15) is 5.82 Å². The molecule has 2 aromatic rings. The summed E-state index contributed by atoms with van der Waals surface area (Å²) in [6.45, 7) is 2.54. The Hall–Kier alpha value is -1.91. The van der Waals surface area contributed by atoms with Crippen molar-refractivity contribution in [3.05, 3.63) is 64.9 Å². The van der Waals surface area contributed by atoms with Crippen molar-refractivity contribution in [3.63, 3.8) is 0 Å². The third-order valence-electron chi connectivity index (χ3n) is 4.26. The number of nitrogens with zero attached hydrogens (tertiary/aromatic N) is 1. The van der Waals surface area contributed by atoms with Gasteiger partial charge in [0.25, 0.3) is 0 Å². The number of hydrogen-bond acceptors (Lipinski definition) is 2. The highest BCUT2D eigenvalue weighted by atomic mass is 35.5. The SMILES string of the molecule is C[C@@H](C(=O)Nc1cccc(Cl)c1)N(Cc1ccc(F)cc1)C1CC1. The molecule has 3 rings (SSSR count). The smallest absolute Gasteiger partial charge is 0.241 e. The number of amides is 1. The van der Waals surface area contributed by atoms with Gasteiger partial charge in [0.05, 0.1) is 6.04 Å². The Morgan fingerprint density at radius 2 is 2.00 bits per heavy atom. The van der Waals surface area contributed by atoms with Crippen LogP contribution in [0.15, 0.2) is 48.5 Å². The molecule has 24 heavy (non-hydrogen) atoms. The highest BCUT2D eigenvalue weighted by Crippen LogP contribution is 2.30. The van der Waals surface area contributed by atoms with Gasteiger partial charge in [0.15, 0.2) is 0 Å². The van der Waals surface area contributed by atoms with Crippen molar-refractivity contribution in [3.8, 4) is 0 Å². The lowest BCUT2D eigenvalue weighted by Gasteiger charge is -2.28. The van der Waals surface area contributed by atoms with E-state index in [4.69, 9.17) is 11.6 Å². The molecule has 3 nitrogen and oxygen atoms in total. The molecule has 0 bridgehead atoms. The molecule has 126 valence electrons. The van der Waals surface area contributed by atoms with E-state index < -0.39 is 0 Å². The maximum atomic E-state index is 13.1. The number of carbonyl (C=O) groups is 1. The summed E-state index contributed by atoms with van der Waals surface area (Å²) in [6, 6.07) is 13.7. The van der Waals surface area contributed by atoms with Crippen LogP contribution in [0, 0.1) is 5.82 Å². The van der Waals surface area contributed by atoms with E-state index in [1.807, 2.05) is 13.0 Å². The molecule has 2 aromatic carbocycles. The molecular formula is C19H20ClFN2O. The minimum atomic E-state index is -0.276. The van der Waals surface area contributed by atoms with Crippen molar-refractivity contribution in [2.45, 2.75) is 38.4 Å². The predicted octanol–water partition coefficient (Wildman–Crippen LogP) is 4.47. The van der Waals surface area contributed by atoms with Crippen LogP contribution >= 0.6 is 11.6 Å². The van der Waals surface area contributed by atoms with Gasteiger partial charge in [-0.25, -0.2) is 4.39 Å². The molecule has 0 spiro atoms. The second-order valence-electron chi connectivity index (χ2n) is 6.21. The Balaban J connectivity index is 1.68. The van der Waals surface area contributed by atoms with Crippen molar-refractivity contribution in [1.29, 1.82) is 0 Å². The van der Waals surface area contributed by atoms with Crippen LogP contribution < -0.4 is 5.32 Å². The molecule has 0 saturated heterocycles. The molecule has 5 heteroatoms. The Bertz CT molecular complexity index is 716. The maximum Gasteiger partial charge on any atom is 0.241 e. The molecule has 1 fully saturated rings. The second kappa shape index (κ2) is 7.32. The fourth-order valence-electron chi connectivity index (χ4n) is 2.75. The fraction of sp³-hybridized carbons (Fsp3) is 0.316. The summed E-state index contributed by atoms with van der Waals surface area (Å²) in [5.74, 6) is -0.310. The molecule has 0 heterocycles. The van der Waals surface area contributed by atoms with Gasteiger partial charge in [0, 0.05) is 23.3 Å². The van der Waals surface area contributed by atoms with E-state index in [0.29, 0.717) is 23.3 Å². The lowest BCUT2D eigenvalue weighted by atomic mass is 10.1. The normalized spacial score (nSPS) is 15.3. The van der Waals surface area contributed by atoms with Crippen molar-refractivity contribution in [2.24, 2.45) is 0 Å². The van der Waals surface area contributed by atoms with E-state index in [2.05, 4.69) is 10.2 Å². The standard InChI is InChI=1S/C19H20ClFN2O/c1-13(19(24)22-17-4-2-3-15(20)11-17)23(18-9-10-18)12-14-5-7-16(21)8-6-14/h2-8,11,13,18H,9-10,12H2,1H3,(H,22,24)/t13-/m0/s1. The molecule has 1 amide bonds. The molecule has 0 unspecified atom stereocenters. The van der Waals surface area contributed by atoms with Crippen LogP contribution in [-0.4, -0.2) is 22.9 Å². The molecular weight excluding hydrogens is 327 g/mol. The van der Waals surface area contributed by atoms with Gasteiger partial charge < -0.3 is 5.32 Å². The van der Waals surface area contributed by atoms with E-state index in [0.717, 1.165) is 18.4 Å². The Morgan fingerprint density at radius 3 is 2.62 bits per heavy atom. The molecule has 1 N–H and O–H groups in total. The molecule has 1 atom stereocenters. The van der Waals surface area contributed by atoms with Gasteiger partial charge in [-0.15, -0.1) is 0 Å². The van der Waals surface area contributed by atoms with Gasteiger partial charge in [0.2, 0.25) is 5.91 Å². The summed E-state index contributed by atoms with van der Waals surface area (Å²) in [5.41, 5.74) is 1.70. The number of carbonyl (C=O) groups excluding carboxylic acids is 1. The number of nitrogens with one attached hydrogen (secondary N) is 1. The largest absolute Gasteiger partial charge is 0.325 e. The molecule has 1 saturated carbocycles. The Labute approximate surface area is 146 Å². The zero-order valence-electron chi connectivity index (χ0n) is 13.5. The quantitative estimate of drug-likeness (QED) is 0.837. The first-order valence-electron chi connectivity index (χ1n) is 8.09. The van der Waals surface area contributed by atoms with Crippen LogP contribution in [0.25, 0.3) is 0 Å². The van der Waals surface area contributed by atoms with Crippen LogP contribution in [0.3, 0.4) is 0 Å². The van der Waals surface area contributed by atoms with E-state index in [1.54, 1.807) is 30.3 Å². The first kappa shape index (κ1) is 16.9. The van der Waals surface area contributed by atoms with Crippen molar-refractivity contribution in [1.82, 2.24) is 4.90 Å². The zero-order valence-corrected chi connectivity index (χ0v) is 14.3. The molecule has 1 aliphatic carbocycles. The highest BCUT2D eigenvalue weighted by molar-refractivity contribution is 6.30. The average Bonchev–Trinajstić information content (AvgIpc) is 3.38. The van der Waals surface area contributed by atoms with Gasteiger partial charge >= 0.3 is 0 Å². The topological polar surface area (TPSA) is 32.3 Å². The van der Waals surface area contributed by atoms with Gasteiger partial charge in [-0.2, -0.15) is 0 Å². The van der Waals surface area contributed by atoms with E-state index in [1.165, 1.54) is 12.1 Å². The van der Waals surface area contributed by atoms with E-state index >= 15 is 0 Å². The predicted molar refractivity (Wildman–Crippen MR) is 94.5 cm³/mol. The molecule has 0 aromatic heterocycles. The van der Waals surface area contributed by atoms with Crippen LogP contribution in [0.1, 0.15) is 25.3 Å². The van der Waals surface area contributed by atoms with Crippen molar-refractivity contribution in [2.75, 3.05) is 5.32 Å². The lowest BCUT2D eigenvalue weighted by Crippen LogP contribution is -2.43. The maximum absolute atomic E-state index is 13.1. The zero-order chi connectivity index (χ0) is 17.1. The van der Waals surface area contributed by atoms with Gasteiger partial charge in [-0.3, -0.25) is 9.69 Å². The second-order valence-corrected chi connectivity index (χ2v) is 6.64. The number of benzene rings is 2. The van der Waals surface area contributed by atoms with Crippen molar-refractivity contribution >= 4 is 23.2 Å². The van der Waals surface area contributed by atoms with E-state index in [-0.39, 0.29) is 17.8 Å². The molecule has 0 aliphatic heterocycles. The monoisotopic (exact) mass is 346 g/mol. The summed E-state index contributed by atoms with van der Waals surface area (Å²) in [4.78, 5) is 14.8.